The monoisotopic (exact) mass is 382 g/mol. The van der Waals surface area contributed by atoms with E-state index in [1.807, 2.05) is 0 Å². The second kappa shape index (κ2) is 7.60. The third kappa shape index (κ3) is 4.42. The number of amides is 1. The highest BCUT2D eigenvalue weighted by Crippen LogP contribution is 2.28. The highest BCUT2D eigenvalue weighted by molar-refractivity contribution is 5.95. The molecule has 1 fully saturated rings. The Labute approximate surface area is 170 Å². The number of methoxy groups -OCH3 is 1. The summed E-state index contributed by atoms with van der Waals surface area (Å²) < 4.78 is 79.6. The average molecular weight is 382 g/mol. The molecule has 0 aliphatic carbocycles. The van der Waals surface area contributed by atoms with Crippen LogP contribution in [-0.4, -0.2) is 60.3 Å². The van der Waals surface area contributed by atoms with Crippen molar-refractivity contribution in [2.45, 2.75) is 32.8 Å². The van der Waals surface area contributed by atoms with Crippen LogP contribution in [0.5, 0.6) is 5.75 Å². The maximum atomic E-state index is 13.3. The molecule has 1 saturated heterocycles. The average Bonchev–Trinajstić information content (AvgIpc) is 3.02. The second-order valence-corrected chi connectivity index (χ2v) is 6.82. The smallest absolute Gasteiger partial charge is 0.419 e. The van der Waals surface area contributed by atoms with Gasteiger partial charge in [-0.25, -0.2) is 4.79 Å². The molecule has 2 aromatic rings. The Morgan fingerprint density at radius 3 is 2.59 bits per heavy atom. The molecule has 0 bridgehead atoms. The molecule has 1 aliphatic heterocycles. The predicted octanol–water partition coefficient (Wildman–Crippen LogP) is 2.83. The Morgan fingerprint density at radius 2 is 1.96 bits per heavy atom. The number of hydrogen-bond donors (Lipinski definition) is 0. The van der Waals surface area contributed by atoms with Crippen molar-refractivity contribution in [1.82, 2.24) is 9.47 Å². The maximum absolute atomic E-state index is 13.3. The zero-order chi connectivity index (χ0) is 26.8. The van der Waals surface area contributed by atoms with Gasteiger partial charge in [0.05, 0.1) is 43.1 Å². The number of fused-ring (bicyclic) bond motifs is 1. The third-order valence-corrected chi connectivity index (χ3v) is 3.69. The Balaban J connectivity index is 2.11. The molecular weight excluding hydrogens is 348 g/mol. The second-order valence-electron chi connectivity index (χ2n) is 6.82. The van der Waals surface area contributed by atoms with Gasteiger partial charge in [-0.3, -0.25) is 9.36 Å². The van der Waals surface area contributed by atoms with Gasteiger partial charge < -0.3 is 19.1 Å². The van der Waals surface area contributed by atoms with Crippen LogP contribution in [0.2, 0.25) is 0 Å². The molecule has 146 valence electrons. The highest BCUT2D eigenvalue weighted by Gasteiger charge is 2.23. The number of nitrogens with zero attached hydrogens (tertiary/aromatic N) is 2. The van der Waals surface area contributed by atoms with E-state index in [0.717, 1.165) is 4.57 Å². The molecule has 27 heavy (non-hydrogen) atoms. The zero-order valence-corrected chi connectivity index (χ0v) is 15.5. The van der Waals surface area contributed by atoms with E-state index in [0.29, 0.717) is 16.7 Å². The van der Waals surface area contributed by atoms with E-state index in [1.54, 1.807) is 32.9 Å². The van der Waals surface area contributed by atoms with Crippen LogP contribution < -0.4 is 4.74 Å². The molecule has 1 aliphatic rings. The van der Waals surface area contributed by atoms with Crippen molar-refractivity contribution in [1.29, 1.82) is 0 Å². The Hall–Kier alpha value is -2.54. The molecule has 1 amide bonds. The Bertz CT molecular complexity index is 1150. The fourth-order valence-electron chi connectivity index (χ4n) is 2.56. The first-order valence-corrected chi connectivity index (χ1v) is 8.20. The maximum Gasteiger partial charge on any atom is 0.419 e. The van der Waals surface area contributed by atoms with Gasteiger partial charge in [0.25, 0.3) is 0 Å². The van der Waals surface area contributed by atoms with Crippen molar-refractivity contribution >= 4 is 22.9 Å². The molecule has 0 spiro atoms. The molecule has 0 radical (unpaired) electrons. The molecule has 3 rings (SSSR count). The topological polar surface area (TPSA) is 70.0 Å². The standard InChI is InChI=1S/C20H26N2O5/c1-20(2,3)27-19(24)22-13-14(11-18(23)21-7-9-26-10-8-21)16-12-15(25-4)5-6-17(16)22/h5-6,12-13H,7-11H2,1-4H3/i7D2,8D2,9D2,10D2. The minimum atomic E-state index is -3.36. The number of carbonyl (C=O) groups excluding carboxylic acids is 2. The molecule has 0 saturated carbocycles. The lowest BCUT2D eigenvalue weighted by Gasteiger charge is -2.26. The zero-order valence-electron chi connectivity index (χ0n) is 23.5. The summed E-state index contributed by atoms with van der Waals surface area (Å²) in [7, 11) is 1.41. The summed E-state index contributed by atoms with van der Waals surface area (Å²) in [4.78, 5) is 26.0. The van der Waals surface area contributed by atoms with Crippen LogP contribution in [0.15, 0.2) is 24.4 Å². The van der Waals surface area contributed by atoms with E-state index in [4.69, 9.17) is 20.4 Å². The number of rotatable bonds is 3. The van der Waals surface area contributed by atoms with Gasteiger partial charge in [0.15, 0.2) is 0 Å². The normalized spacial score (nSPS) is 26.9. The summed E-state index contributed by atoms with van der Waals surface area (Å²) >= 11 is 0. The van der Waals surface area contributed by atoms with E-state index in [2.05, 4.69) is 4.74 Å². The van der Waals surface area contributed by atoms with Crippen LogP contribution in [0.1, 0.15) is 37.3 Å². The van der Waals surface area contributed by atoms with Crippen LogP contribution in [-0.2, 0) is 20.7 Å². The van der Waals surface area contributed by atoms with Crippen LogP contribution in [0.3, 0.4) is 0 Å². The van der Waals surface area contributed by atoms with Gasteiger partial charge in [0.1, 0.15) is 11.4 Å². The molecule has 1 aromatic heterocycles. The molecule has 7 heteroatoms. The quantitative estimate of drug-likeness (QED) is 0.816. The summed E-state index contributed by atoms with van der Waals surface area (Å²) in [5.74, 6) is -0.875. The lowest BCUT2D eigenvalue weighted by atomic mass is 10.1. The molecule has 1 aromatic carbocycles. The van der Waals surface area contributed by atoms with Gasteiger partial charge in [0, 0.05) is 24.6 Å². The van der Waals surface area contributed by atoms with Crippen molar-refractivity contribution in [2.24, 2.45) is 0 Å². The van der Waals surface area contributed by atoms with Crippen molar-refractivity contribution < 1.29 is 34.8 Å². The fraction of sp³-hybridized carbons (Fsp3) is 0.500. The first-order chi connectivity index (χ1) is 15.7. The van der Waals surface area contributed by atoms with E-state index in [-0.39, 0.29) is 10.5 Å². The van der Waals surface area contributed by atoms with E-state index in [9.17, 15) is 9.59 Å². The molecule has 0 unspecified atom stereocenters. The van der Waals surface area contributed by atoms with E-state index in [1.165, 1.54) is 19.4 Å². The Morgan fingerprint density at radius 1 is 1.26 bits per heavy atom. The summed E-state index contributed by atoms with van der Waals surface area (Å²) in [6, 6.07) is 4.66. The first-order valence-electron chi connectivity index (χ1n) is 12.2. The molecule has 0 N–H and O–H groups in total. The highest BCUT2D eigenvalue weighted by atomic mass is 16.6. The third-order valence-electron chi connectivity index (χ3n) is 3.69. The van der Waals surface area contributed by atoms with Gasteiger partial charge in [-0.1, -0.05) is 0 Å². The number of benzene rings is 1. The molecule has 7 nitrogen and oxygen atoms in total. The van der Waals surface area contributed by atoms with Gasteiger partial charge in [0.2, 0.25) is 5.91 Å². The number of hydrogen-bond acceptors (Lipinski definition) is 5. The molecule has 0 atom stereocenters. The van der Waals surface area contributed by atoms with E-state index >= 15 is 0 Å². The number of aromatic nitrogens is 1. The van der Waals surface area contributed by atoms with Crippen molar-refractivity contribution in [3.8, 4) is 5.75 Å². The van der Waals surface area contributed by atoms with Gasteiger partial charge >= 0.3 is 6.09 Å². The summed E-state index contributed by atoms with van der Waals surface area (Å²) in [6.45, 7) is -8.41. The largest absolute Gasteiger partial charge is 0.497 e. The van der Waals surface area contributed by atoms with Gasteiger partial charge in [-0.15, -0.1) is 0 Å². The lowest BCUT2D eigenvalue weighted by molar-refractivity contribution is -0.134. The van der Waals surface area contributed by atoms with Crippen LogP contribution >= 0.6 is 0 Å². The van der Waals surface area contributed by atoms with Gasteiger partial charge in [-0.05, 0) is 44.5 Å². The van der Waals surface area contributed by atoms with E-state index < -0.39 is 50.1 Å². The number of carbonyl (C=O) groups is 2. The van der Waals surface area contributed by atoms with Crippen LogP contribution in [0, 0.1) is 0 Å². The number of morpholine rings is 1. The molecular formula is C20H26N2O5. The minimum absolute atomic E-state index is 0.111. The van der Waals surface area contributed by atoms with Crippen LogP contribution in [0.25, 0.3) is 10.9 Å². The number of ether oxygens (including phenoxy) is 3. The Kier molecular flexibility index (Phi) is 3.19. The first kappa shape index (κ1) is 11.3. The lowest BCUT2D eigenvalue weighted by Crippen LogP contribution is -2.41. The van der Waals surface area contributed by atoms with Crippen molar-refractivity contribution in [3.05, 3.63) is 30.0 Å². The fourth-order valence-corrected chi connectivity index (χ4v) is 2.56. The SMILES string of the molecule is [2H]C1([2H])OC([2H])([2H])C([2H])([2H])N(C(=O)Cc2cn(C(=O)OC(C)(C)C)c3ccc(OC)cc23)C1([2H])[2H]. The van der Waals surface area contributed by atoms with Crippen molar-refractivity contribution in [2.75, 3.05) is 33.2 Å². The minimum Gasteiger partial charge on any atom is -0.497 e. The summed E-state index contributed by atoms with van der Waals surface area (Å²) in [6.07, 6.45) is -0.161. The van der Waals surface area contributed by atoms with Crippen molar-refractivity contribution in [3.63, 3.8) is 0 Å². The predicted molar refractivity (Wildman–Crippen MR) is 101 cm³/mol. The van der Waals surface area contributed by atoms with Gasteiger partial charge in [-0.2, -0.15) is 0 Å². The summed E-state index contributed by atoms with van der Waals surface area (Å²) in [5.41, 5.74) is -0.330. The summed E-state index contributed by atoms with van der Waals surface area (Å²) in [5, 5.41) is 0.351. The van der Waals surface area contributed by atoms with Crippen LogP contribution in [0.4, 0.5) is 4.79 Å². The molecule has 2 heterocycles.